The molecule has 0 aromatic carbocycles. The quantitative estimate of drug-likeness (QED) is 0.625. The van der Waals surface area contributed by atoms with Crippen LogP contribution in [0.25, 0.3) is 0 Å². The molecule has 0 saturated carbocycles. The molecule has 0 aliphatic heterocycles. The fraction of sp³-hybridized carbons (Fsp3) is 1.00. The summed E-state index contributed by atoms with van der Waals surface area (Å²) < 4.78 is 35.4. The summed E-state index contributed by atoms with van der Waals surface area (Å²) in [6, 6.07) is 0. The van der Waals surface area contributed by atoms with Gasteiger partial charge in [-0.05, 0) is 6.26 Å². The molecule has 0 unspecified atom stereocenters. The lowest BCUT2D eigenvalue weighted by atomic mass is 11.6. The Kier molecular flexibility index (Phi) is 3.67. The van der Waals surface area contributed by atoms with E-state index in [4.69, 9.17) is 0 Å². The molecular weight excluding hydrogens is 159 g/mol. The predicted molar refractivity (Wildman–Crippen MR) is 30.3 cm³/mol. The summed E-state index contributed by atoms with van der Waals surface area (Å²) in [6.07, 6.45) is 1.53. The molecule has 0 rings (SSSR count). The summed E-state index contributed by atoms with van der Waals surface area (Å²) in [5, 5.41) is 0. The minimum atomic E-state index is -4.16. The largest absolute Gasteiger partial charge is 0.456 e. The first-order valence-corrected chi connectivity index (χ1v) is 3.63. The summed E-state index contributed by atoms with van der Waals surface area (Å²) in [5.74, 6) is 0. The number of alkyl halides is 3. The van der Waals surface area contributed by atoms with Gasteiger partial charge in [-0.3, -0.25) is 0 Å². The zero-order valence-corrected chi connectivity index (χ0v) is 5.58. The van der Waals surface area contributed by atoms with Crippen LogP contribution >= 0.6 is 23.9 Å². The maximum absolute atomic E-state index is 11.1. The van der Waals surface area contributed by atoms with Gasteiger partial charge in [0.2, 0.25) is 0 Å². The Hall–Kier alpha value is 0.450. The molecule has 0 saturated heterocycles. The first kappa shape index (κ1) is 8.45. The van der Waals surface area contributed by atoms with Gasteiger partial charge in [0.15, 0.2) is 0 Å². The highest BCUT2D eigenvalue weighted by Crippen LogP contribution is 2.28. The molecular formula is C2H4F3NS2. The first-order chi connectivity index (χ1) is 3.56. The van der Waals surface area contributed by atoms with Gasteiger partial charge in [-0.15, -0.1) is 0 Å². The number of hydrogen-bond acceptors (Lipinski definition) is 3. The van der Waals surface area contributed by atoms with Crippen molar-refractivity contribution < 1.29 is 13.2 Å². The maximum Gasteiger partial charge on any atom is 0.456 e. The van der Waals surface area contributed by atoms with Crippen LogP contribution in [0.1, 0.15) is 0 Å². The third-order valence-electron chi connectivity index (χ3n) is 0.241. The first-order valence-electron chi connectivity index (χ1n) is 1.59. The van der Waals surface area contributed by atoms with Crippen LogP contribution in [0.4, 0.5) is 13.2 Å². The highest BCUT2D eigenvalue weighted by Gasteiger charge is 2.28. The highest BCUT2D eigenvalue weighted by atomic mass is 32.2. The molecule has 0 aromatic heterocycles. The van der Waals surface area contributed by atoms with E-state index in [1.54, 1.807) is 0 Å². The molecule has 0 amide bonds. The van der Waals surface area contributed by atoms with Crippen molar-refractivity contribution >= 4 is 23.9 Å². The smallest absolute Gasteiger partial charge is 0.201 e. The van der Waals surface area contributed by atoms with Gasteiger partial charge < -0.3 is 0 Å². The van der Waals surface area contributed by atoms with Crippen LogP contribution in [0.2, 0.25) is 0 Å². The molecule has 0 heterocycles. The number of nitrogens with one attached hydrogen (secondary N) is 1. The van der Waals surface area contributed by atoms with Gasteiger partial charge in [0.05, 0.1) is 0 Å². The van der Waals surface area contributed by atoms with Crippen LogP contribution in [0.3, 0.4) is 0 Å². The van der Waals surface area contributed by atoms with Crippen molar-refractivity contribution in [2.45, 2.75) is 5.51 Å². The summed E-state index contributed by atoms with van der Waals surface area (Å²) >= 11 is 0.668. The fourth-order valence-electron chi connectivity index (χ4n) is 0.0889. The lowest BCUT2D eigenvalue weighted by Crippen LogP contribution is -2.05. The molecule has 50 valence electrons. The van der Waals surface area contributed by atoms with E-state index < -0.39 is 5.51 Å². The third kappa shape index (κ3) is 6.45. The van der Waals surface area contributed by atoms with Crippen molar-refractivity contribution in [3.8, 4) is 0 Å². The molecule has 0 fully saturated rings. The normalized spacial score (nSPS) is 12.0. The summed E-state index contributed by atoms with van der Waals surface area (Å²) in [5.41, 5.74) is -4.16. The summed E-state index contributed by atoms with van der Waals surface area (Å²) in [7, 11) is 0. The molecule has 0 aliphatic carbocycles. The van der Waals surface area contributed by atoms with Crippen LogP contribution in [-0.4, -0.2) is 11.8 Å². The van der Waals surface area contributed by atoms with Gasteiger partial charge >= 0.3 is 5.51 Å². The van der Waals surface area contributed by atoms with Crippen LogP contribution in [-0.2, 0) is 0 Å². The van der Waals surface area contributed by atoms with E-state index in [-0.39, 0.29) is 11.9 Å². The minimum absolute atomic E-state index is 0.253. The number of hydrogen-bond donors (Lipinski definition) is 1. The van der Waals surface area contributed by atoms with Gasteiger partial charge in [0.25, 0.3) is 0 Å². The van der Waals surface area contributed by atoms with Crippen molar-refractivity contribution in [3.63, 3.8) is 0 Å². The maximum atomic E-state index is 11.1. The van der Waals surface area contributed by atoms with Gasteiger partial charge in [-0.2, -0.15) is 13.2 Å². The van der Waals surface area contributed by atoms with Gasteiger partial charge in [-0.25, -0.2) is 4.13 Å². The lowest BCUT2D eigenvalue weighted by molar-refractivity contribution is -0.0331. The van der Waals surface area contributed by atoms with E-state index >= 15 is 0 Å². The van der Waals surface area contributed by atoms with Crippen LogP contribution in [0.5, 0.6) is 0 Å². The second-order valence-electron chi connectivity index (χ2n) is 0.835. The number of rotatable bonds is 2. The third-order valence-corrected chi connectivity index (χ3v) is 1.47. The topological polar surface area (TPSA) is 12.0 Å². The van der Waals surface area contributed by atoms with Gasteiger partial charge in [0, 0.05) is 11.9 Å². The zero-order chi connectivity index (χ0) is 6.62. The molecule has 0 bridgehead atoms. The van der Waals surface area contributed by atoms with E-state index in [1.165, 1.54) is 6.26 Å². The standard InChI is InChI=1S/C2H4F3NS2/c1-7-6-8-2(3,4)5/h6H,1H3. The van der Waals surface area contributed by atoms with E-state index in [0.717, 1.165) is 11.9 Å². The van der Waals surface area contributed by atoms with Crippen molar-refractivity contribution in [2.75, 3.05) is 6.26 Å². The van der Waals surface area contributed by atoms with Gasteiger partial charge in [-0.1, -0.05) is 11.9 Å². The minimum Gasteiger partial charge on any atom is -0.201 e. The molecule has 0 spiro atoms. The molecule has 1 N–H and O–H groups in total. The van der Waals surface area contributed by atoms with Crippen LogP contribution in [0, 0.1) is 0 Å². The Morgan fingerprint density at radius 3 is 2.00 bits per heavy atom. The van der Waals surface area contributed by atoms with Crippen LogP contribution < -0.4 is 4.13 Å². The molecule has 8 heavy (non-hydrogen) atoms. The summed E-state index contributed by atoms with van der Waals surface area (Å²) in [4.78, 5) is 0. The van der Waals surface area contributed by atoms with Crippen LogP contribution in [0.15, 0.2) is 0 Å². The Labute approximate surface area is 53.7 Å². The highest BCUT2D eigenvalue weighted by molar-refractivity contribution is 8.12. The molecule has 6 heteroatoms. The monoisotopic (exact) mass is 163 g/mol. The Morgan fingerprint density at radius 2 is 1.88 bits per heavy atom. The van der Waals surface area contributed by atoms with E-state index in [9.17, 15) is 13.2 Å². The lowest BCUT2D eigenvalue weighted by Gasteiger charge is -2.01. The van der Waals surface area contributed by atoms with E-state index in [2.05, 4.69) is 0 Å². The fourth-order valence-corrected chi connectivity index (χ4v) is 0.800. The molecule has 0 aromatic rings. The van der Waals surface area contributed by atoms with Crippen molar-refractivity contribution in [2.24, 2.45) is 0 Å². The zero-order valence-electron chi connectivity index (χ0n) is 3.95. The average molecular weight is 163 g/mol. The second-order valence-corrected chi connectivity index (χ2v) is 2.58. The van der Waals surface area contributed by atoms with Gasteiger partial charge in [0.1, 0.15) is 0 Å². The SMILES string of the molecule is CSNSC(F)(F)F. The molecule has 0 aliphatic rings. The average Bonchev–Trinajstić information content (AvgIpc) is 1.59. The second kappa shape index (κ2) is 3.47. The molecule has 1 nitrogen and oxygen atoms in total. The Bertz CT molecular complexity index is 62.8. The van der Waals surface area contributed by atoms with Crippen molar-refractivity contribution in [1.82, 2.24) is 4.13 Å². The van der Waals surface area contributed by atoms with Crippen molar-refractivity contribution in [1.29, 1.82) is 0 Å². The number of halogens is 3. The molecule has 0 radical (unpaired) electrons. The predicted octanol–water partition coefficient (Wildman–Crippen LogP) is 2.02. The summed E-state index contributed by atoms with van der Waals surface area (Å²) in [6.45, 7) is 0. The van der Waals surface area contributed by atoms with Crippen molar-refractivity contribution in [3.05, 3.63) is 0 Å². The molecule has 0 atom stereocenters. The Balaban J connectivity index is 3.11. The van der Waals surface area contributed by atoms with E-state index in [0.29, 0.717) is 0 Å². The Morgan fingerprint density at radius 1 is 1.38 bits per heavy atom. The van der Waals surface area contributed by atoms with E-state index in [1.807, 2.05) is 4.13 Å².